The van der Waals surface area contributed by atoms with Crippen LogP contribution in [-0.4, -0.2) is 38.1 Å². The summed E-state index contributed by atoms with van der Waals surface area (Å²) in [4.78, 5) is 2.68. The van der Waals surface area contributed by atoms with Crippen LogP contribution < -0.4 is 5.32 Å². The van der Waals surface area contributed by atoms with Crippen LogP contribution in [0, 0.1) is 5.92 Å². The summed E-state index contributed by atoms with van der Waals surface area (Å²) in [7, 11) is 2.04. The molecule has 0 aliphatic carbocycles. The van der Waals surface area contributed by atoms with Crippen LogP contribution in [0.3, 0.4) is 0 Å². The molecule has 0 amide bonds. The van der Waals surface area contributed by atoms with Gasteiger partial charge in [-0.05, 0) is 76.8 Å². The van der Waals surface area contributed by atoms with E-state index in [2.05, 4.69) is 40.5 Å². The van der Waals surface area contributed by atoms with Crippen molar-refractivity contribution in [2.24, 2.45) is 5.92 Å². The highest BCUT2D eigenvalue weighted by Gasteiger charge is 2.18. The van der Waals surface area contributed by atoms with Crippen molar-refractivity contribution >= 4 is 0 Å². The summed E-state index contributed by atoms with van der Waals surface area (Å²) in [6.07, 6.45) is 9.53. The van der Waals surface area contributed by atoms with E-state index < -0.39 is 0 Å². The van der Waals surface area contributed by atoms with Gasteiger partial charge in [0.15, 0.2) is 0 Å². The smallest absolute Gasteiger partial charge is 0.00160 e. The molecule has 1 aliphatic rings. The van der Waals surface area contributed by atoms with E-state index in [0.717, 1.165) is 5.92 Å². The molecule has 1 N–H and O–H groups in total. The van der Waals surface area contributed by atoms with Crippen LogP contribution in [0.15, 0.2) is 30.3 Å². The Balaban J connectivity index is 1.54. The third kappa shape index (κ3) is 6.62. The first-order valence-corrected chi connectivity index (χ1v) is 8.79. The zero-order valence-corrected chi connectivity index (χ0v) is 13.7. The predicted octanol–water partition coefficient (Wildman–Crippen LogP) is 3.72. The number of piperidine rings is 1. The third-order valence-corrected chi connectivity index (χ3v) is 4.73. The number of likely N-dealkylation sites (tertiary alicyclic amines) is 1. The first-order chi connectivity index (χ1) is 10.4. The van der Waals surface area contributed by atoms with Gasteiger partial charge in [0.2, 0.25) is 0 Å². The fourth-order valence-electron chi connectivity index (χ4n) is 3.35. The highest BCUT2D eigenvalue weighted by Crippen LogP contribution is 2.21. The van der Waals surface area contributed by atoms with Crippen molar-refractivity contribution in [2.75, 3.05) is 33.2 Å². The average molecular weight is 288 g/mol. The van der Waals surface area contributed by atoms with Crippen LogP contribution >= 0.6 is 0 Å². The maximum Gasteiger partial charge on any atom is -0.00160 e. The molecule has 0 radical (unpaired) electrons. The van der Waals surface area contributed by atoms with Gasteiger partial charge >= 0.3 is 0 Å². The molecule has 0 atom stereocenters. The van der Waals surface area contributed by atoms with Crippen LogP contribution in [0.1, 0.15) is 44.1 Å². The van der Waals surface area contributed by atoms with Crippen LogP contribution in [0.4, 0.5) is 0 Å². The Bertz CT molecular complexity index is 355. The minimum atomic E-state index is 0.902. The second-order valence-corrected chi connectivity index (χ2v) is 6.49. The highest BCUT2D eigenvalue weighted by molar-refractivity contribution is 5.15. The molecule has 1 saturated heterocycles. The van der Waals surface area contributed by atoms with Gasteiger partial charge in [-0.25, -0.2) is 0 Å². The number of hydrogen-bond acceptors (Lipinski definition) is 2. The molecule has 0 bridgehead atoms. The molecule has 1 fully saturated rings. The van der Waals surface area contributed by atoms with Crippen LogP contribution in [0.5, 0.6) is 0 Å². The summed E-state index contributed by atoms with van der Waals surface area (Å²) < 4.78 is 0. The van der Waals surface area contributed by atoms with Crippen molar-refractivity contribution in [2.45, 2.75) is 44.9 Å². The Morgan fingerprint density at radius 1 is 1.00 bits per heavy atom. The van der Waals surface area contributed by atoms with Crippen LogP contribution in [-0.2, 0) is 6.42 Å². The second-order valence-electron chi connectivity index (χ2n) is 6.49. The molecule has 1 heterocycles. The molecule has 0 unspecified atom stereocenters. The molecule has 0 spiro atoms. The van der Waals surface area contributed by atoms with E-state index in [1.807, 2.05) is 7.05 Å². The van der Waals surface area contributed by atoms with Crippen molar-refractivity contribution < 1.29 is 0 Å². The molecular formula is C19H32N2. The number of unbranched alkanes of at least 4 members (excludes halogenated alkanes) is 3. The lowest BCUT2D eigenvalue weighted by Gasteiger charge is -2.32. The van der Waals surface area contributed by atoms with E-state index in [0.29, 0.717) is 0 Å². The lowest BCUT2D eigenvalue weighted by molar-refractivity contribution is 0.181. The number of nitrogens with one attached hydrogen (secondary N) is 1. The minimum Gasteiger partial charge on any atom is -0.320 e. The predicted molar refractivity (Wildman–Crippen MR) is 91.7 cm³/mol. The van der Waals surface area contributed by atoms with Gasteiger partial charge in [0.05, 0.1) is 0 Å². The Morgan fingerprint density at radius 3 is 2.43 bits per heavy atom. The third-order valence-electron chi connectivity index (χ3n) is 4.73. The van der Waals surface area contributed by atoms with Crippen molar-refractivity contribution in [3.8, 4) is 0 Å². The van der Waals surface area contributed by atoms with E-state index in [9.17, 15) is 0 Å². The molecule has 1 aromatic rings. The summed E-state index contributed by atoms with van der Waals surface area (Å²) in [5.41, 5.74) is 1.51. The first kappa shape index (κ1) is 16.5. The number of nitrogens with zero attached hydrogens (tertiary/aromatic N) is 1. The molecule has 1 aromatic carbocycles. The molecule has 0 aromatic heterocycles. The summed E-state index contributed by atoms with van der Waals surface area (Å²) in [5.74, 6) is 0.902. The fraction of sp³-hybridized carbons (Fsp3) is 0.684. The minimum absolute atomic E-state index is 0.902. The van der Waals surface area contributed by atoms with Crippen molar-refractivity contribution in [3.05, 3.63) is 35.9 Å². The van der Waals surface area contributed by atoms with Crippen molar-refractivity contribution in [1.82, 2.24) is 10.2 Å². The summed E-state index contributed by atoms with van der Waals surface area (Å²) in [5, 5.41) is 3.22. The van der Waals surface area contributed by atoms with Crippen molar-refractivity contribution in [3.63, 3.8) is 0 Å². The summed E-state index contributed by atoms with van der Waals surface area (Å²) in [6, 6.07) is 11.0. The van der Waals surface area contributed by atoms with Gasteiger partial charge in [-0.1, -0.05) is 43.2 Å². The van der Waals surface area contributed by atoms with Gasteiger partial charge < -0.3 is 10.2 Å². The molecule has 2 heteroatoms. The summed E-state index contributed by atoms with van der Waals surface area (Å²) in [6.45, 7) is 5.12. The largest absolute Gasteiger partial charge is 0.320 e. The standard InChI is InChI=1S/C19H32N2/c1-20-13-7-2-3-8-14-21-15-11-19(12-16-21)17-18-9-5-4-6-10-18/h4-6,9-10,19-20H,2-3,7-8,11-17H2,1H3. The Hall–Kier alpha value is -0.860. The fourth-order valence-corrected chi connectivity index (χ4v) is 3.35. The second kappa shape index (κ2) is 9.97. The molecular weight excluding hydrogens is 256 g/mol. The van der Waals surface area contributed by atoms with Gasteiger partial charge in [0, 0.05) is 0 Å². The topological polar surface area (TPSA) is 15.3 Å². The van der Waals surface area contributed by atoms with Gasteiger partial charge in [-0.15, -0.1) is 0 Å². The molecule has 2 rings (SSSR count). The molecule has 2 nitrogen and oxygen atoms in total. The lowest BCUT2D eigenvalue weighted by atomic mass is 9.90. The maximum absolute atomic E-state index is 3.22. The van der Waals surface area contributed by atoms with Gasteiger partial charge in [0.1, 0.15) is 0 Å². The maximum atomic E-state index is 3.22. The summed E-state index contributed by atoms with van der Waals surface area (Å²) >= 11 is 0. The Kier molecular flexibility index (Phi) is 7.83. The quantitative estimate of drug-likeness (QED) is 0.697. The van der Waals surface area contributed by atoms with E-state index in [1.165, 1.54) is 76.7 Å². The van der Waals surface area contributed by atoms with Crippen LogP contribution in [0.25, 0.3) is 0 Å². The van der Waals surface area contributed by atoms with Crippen molar-refractivity contribution in [1.29, 1.82) is 0 Å². The zero-order valence-electron chi connectivity index (χ0n) is 13.7. The van der Waals surface area contributed by atoms with Gasteiger partial charge in [-0.3, -0.25) is 0 Å². The van der Waals surface area contributed by atoms with E-state index in [1.54, 1.807) is 0 Å². The average Bonchev–Trinajstić information content (AvgIpc) is 2.53. The molecule has 0 saturated carbocycles. The van der Waals surface area contributed by atoms with Gasteiger partial charge in [-0.2, -0.15) is 0 Å². The zero-order chi connectivity index (χ0) is 14.8. The number of hydrogen-bond donors (Lipinski definition) is 1. The Morgan fingerprint density at radius 2 is 1.71 bits per heavy atom. The lowest BCUT2D eigenvalue weighted by Crippen LogP contribution is -2.35. The van der Waals surface area contributed by atoms with E-state index in [-0.39, 0.29) is 0 Å². The van der Waals surface area contributed by atoms with Crippen LogP contribution in [0.2, 0.25) is 0 Å². The SMILES string of the molecule is CNCCCCCCN1CCC(Cc2ccccc2)CC1. The first-order valence-electron chi connectivity index (χ1n) is 8.79. The van der Waals surface area contributed by atoms with Gasteiger partial charge in [0.25, 0.3) is 0 Å². The monoisotopic (exact) mass is 288 g/mol. The van der Waals surface area contributed by atoms with E-state index in [4.69, 9.17) is 0 Å². The molecule has 118 valence electrons. The molecule has 1 aliphatic heterocycles. The highest BCUT2D eigenvalue weighted by atomic mass is 15.1. The van der Waals surface area contributed by atoms with E-state index >= 15 is 0 Å². The number of rotatable bonds is 9. The number of benzene rings is 1. The Labute approximate surface area is 130 Å². The normalized spacial score (nSPS) is 17.2. The molecule has 21 heavy (non-hydrogen) atoms.